The number of nitrogens with one attached hydrogen (secondary N) is 1. The number of rotatable bonds is 5. The lowest BCUT2D eigenvalue weighted by molar-refractivity contribution is -0.169. The molecule has 1 unspecified atom stereocenters. The van der Waals surface area contributed by atoms with Gasteiger partial charge in [-0.3, -0.25) is 4.79 Å². The Morgan fingerprint density at radius 1 is 1.11 bits per heavy atom. The lowest BCUT2D eigenvalue weighted by Gasteiger charge is -2.12. The van der Waals surface area contributed by atoms with E-state index < -0.39 is 39.2 Å². The van der Waals surface area contributed by atoms with Crippen LogP contribution in [0.15, 0.2) is 47.1 Å². The van der Waals surface area contributed by atoms with E-state index in [9.17, 15) is 31.0 Å². The number of pyridine rings is 2. The Kier molecular flexibility index (Phi) is 6.45. The van der Waals surface area contributed by atoms with Crippen LogP contribution in [0.2, 0.25) is 0 Å². The zero-order chi connectivity index (χ0) is 25.4. The van der Waals surface area contributed by atoms with Crippen LogP contribution in [-0.2, 0) is 26.7 Å². The summed E-state index contributed by atoms with van der Waals surface area (Å²) in [5.74, 6) is -3.36. The Bertz CT molecular complexity index is 1440. The lowest BCUT2D eigenvalue weighted by Crippen LogP contribution is -2.22. The lowest BCUT2D eigenvalue weighted by atomic mass is 10.0. The van der Waals surface area contributed by atoms with E-state index in [1.54, 1.807) is 0 Å². The summed E-state index contributed by atoms with van der Waals surface area (Å²) in [6, 6.07) is 6.81. The van der Waals surface area contributed by atoms with E-state index in [2.05, 4.69) is 19.6 Å². The average Bonchev–Trinajstić information content (AvgIpc) is 3.25. The van der Waals surface area contributed by atoms with Gasteiger partial charge in [-0.1, -0.05) is 0 Å². The molecule has 0 saturated heterocycles. The van der Waals surface area contributed by atoms with Gasteiger partial charge in [0.2, 0.25) is 0 Å². The van der Waals surface area contributed by atoms with E-state index in [1.165, 1.54) is 36.5 Å². The molecule has 0 fully saturated rings. The molecule has 2 aromatic heterocycles. The van der Waals surface area contributed by atoms with Crippen molar-refractivity contribution >= 4 is 27.3 Å². The normalized spacial score (nSPS) is 14.6. The van der Waals surface area contributed by atoms with E-state index in [0.717, 1.165) is 12.5 Å². The number of hydrogen-bond acceptors (Lipinski definition) is 6. The highest BCUT2D eigenvalue weighted by Crippen LogP contribution is 2.39. The third-order valence-electron chi connectivity index (χ3n) is 4.98. The van der Waals surface area contributed by atoms with Crippen LogP contribution < -0.4 is 10.1 Å². The number of nitrogens with zero attached hydrogens (tertiary/aromatic N) is 3. The van der Waals surface area contributed by atoms with Gasteiger partial charge < -0.3 is 10.1 Å². The first-order valence-electron chi connectivity index (χ1n) is 10.1. The molecule has 0 spiro atoms. The minimum Gasteiger partial charge on any atom is -0.492 e. The van der Waals surface area contributed by atoms with Crippen LogP contribution in [0.5, 0.6) is 5.75 Å². The summed E-state index contributed by atoms with van der Waals surface area (Å²) in [6.07, 6.45) is -1.63. The van der Waals surface area contributed by atoms with Gasteiger partial charge in [-0.15, -0.1) is 0 Å². The Hall–Kier alpha value is -3.61. The van der Waals surface area contributed by atoms with Gasteiger partial charge >= 0.3 is 12.1 Å². The maximum atomic E-state index is 14.6. The molecule has 1 N–H and O–H groups in total. The van der Waals surface area contributed by atoms with Gasteiger partial charge in [0.25, 0.3) is 0 Å². The van der Waals surface area contributed by atoms with E-state index in [4.69, 9.17) is 4.74 Å². The third kappa shape index (κ3) is 5.56. The molecule has 7 nitrogen and oxygen atoms in total. The zero-order valence-electron chi connectivity index (χ0n) is 18.0. The van der Waals surface area contributed by atoms with Crippen LogP contribution in [0.25, 0.3) is 11.1 Å². The molecule has 13 heteroatoms. The molecule has 3 aromatic rings. The summed E-state index contributed by atoms with van der Waals surface area (Å²) in [7, 11) is -3.52. The molecule has 35 heavy (non-hydrogen) atoms. The SMILES string of the molecule is CS(=O)(Cc1ccnc(Nc2cc(-c3ccc(F)c4c3OCC4)c(F)cn2)c1)=NC(=O)C(F)(F)F. The quantitative estimate of drug-likeness (QED) is 0.495. The summed E-state index contributed by atoms with van der Waals surface area (Å²) in [6.45, 7) is 0.277. The maximum absolute atomic E-state index is 14.6. The van der Waals surface area contributed by atoms with Crippen molar-refractivity contribution in [1.29, 1.82) is 0 Å². The minimum atomic E-state index is -5.22. The summed E-state index contributed by atoms with van der Waals surface area (Å²) < 4.78 is 86.7. The molecule has 1 aromatic carbocycles. The molecular weight excluding hydrogens is 495 g/mol. The fourth-order valence-corrected chi connectivity index (χ4v) is 4.83. The van der Waals surface area contributed by atoms with Crippen LogP contribution in [-0.4, -0.2) is 39.1 Å². The molecule has 0 bridgehead atoms. The third-order valence-corrected chi connectivity index (χ3v) is 6.40. The van der Waals surface area contributed by atoms with Gasteiger partial charge in [0.15, 0.2) is 0 Å². The summed E-state index contributed by atoms with van der Waals surface area (Å²) in [5, 5.41) is 2.84. The van der Waals surface area contributed by atoms with Crippen LogP contribution in [0.3, 0.4) is 0 Å². The highest BCUT2D eigenvalue weighted by molar-refractivity contribution is 7.92. The number of benzene rings is 1. The van der Waals surface area contributed by atoms with E-state index in [1.807, 2.05) is 0 Å². The molecule has 0 radical (unpaired) electrons. The van der Waals surface area contributed by atoms with Crippen molar-refractivity contribution in [1.82, 2.24) is 9.97 Å². The van der Waals surface area contributed by atoms with Gasteiger partial charge in [0, 0.05) is 35.6 Å². The predicted molar refractivity (Wildman–Crippen MR) is 118 cm³/mol. The molecule has 1 aliphatic rings. The van der Waals surface area contributed by atoms with Gasteiger partial charge in [0.1, 0.15) is 29.0 Å². The first-order chi connectivity index (χ1) is 16.4. The highest BCUT2D eigenvalue weighted by atomic mass is 32.2. The van der Waals surface area contributed by atoms with Crippen molar-refractivity contribution < 1.29 is 35.7 Å². The summed E-state index contributed by atoms with van der Waals surface area (Å²) in [4.78, 5) is 19.1. The van der Waals surface area contributed by atoms with Crippen LogP contribution in [0.1, 0.15) is 11.1 Å². The number of aromatic nitrogens is 2. The first kappa shape index (κ1) is 24.5. The molecule has 0 saturated carbocycles. The Morgan fingerprint density at radius 3 is 2.60 bits per heavy atom. The predicted octanol–water partition coefficient (Wildman–Crippen LogP) is 4.79. The van der Waals surface area contributed by atoms with E-state index in [0.29, 0.717) is 23.1 Å². The molecule has 1 amide bonds. The van der Waals surface area contributed by atoms with Crippen LogP contribution in [0, 0.1) is 11.6 Å². The van der Waals surface area contributed by atoms with Crippen molar-refractivity contribution in [2.75, 3.05) is 18.2 Å². The maximum Gasteiger partial charge on any atom is 0.474 e. The fraction of sp³-hybridized carbons (Fsp3) is 0.227. The van der Waals surface area contributed by atoms with E-state index in [-0.39, 0.29) is 29.6 Å². The number of carbonyl (C=O) groups is 1. The second-order valence-corrected chi connectivity index (χ2v) is 10.1. The minimum absolute atomic E-state index is 0.109. The second-order valence-electron chi connectivity index (χ2n) is 7.72. The van der Waals surface area contributed by atoms with Crippen molar-refractivity contribution in [2.24, 2.45) is 4.36 Å². The molecule has 0 aliphatic carbocycles. The molecular formula is C22H17F5N4O3S. The Morgan fingerprint density at radius 2 is 1.86 bits per heavy atom. The molecule has 3 heterocycles. The number of ether oxygens (including phenoxy) is 1. The smallest absolute Gasteiger partial charge is 0.474 e. The fourth-order valence-electron chi connectivity index (χ4n) is 3.51. The van der Waals surface area contributed by atoms with Crippen molar-refractivity contribution in [3.8, 4) is 16.9 Å². The second kappa shape index (κ2) is 9.21. The van der Waals surface area contributed by atoms with E-state index >= 15 is 0 Å². The largest absolute Gasteiger partial charge is 0.492 e. The number of hydrogen-bond donors (Lipinski definition) is 1. The summed E-state index contributed by atoms with van der Waals surface area (Å²) >= 11 is 0. The van der Waals surface area contributed by atoms with Gasteiger partial charge in [-0.25, -0.2) is 23.0 Å². The molecule has 1 atom stereocenters. The number of amides is 1. The standard InChI is InChI=1S/C22H17F5N4O3S/c1-35(33,31-21(32)22(25,26)27)11-12-4-6-28-18(8-12)30-19-9-15(17(24)10-29-19)13-2-3-16(23)14-5-7-34-20(13)14/h2-4,6,8-10H,5,7,11H2,1H3,(H,28,29,30). The first-order valence-corrected chi connectivity index (χ1v) is 12.2. The van der Waals surface area contributed by atoms with Gasteiger partial charge in [-0.05, 0) is 35.9 Å². The zero-order valence-corrected chi connectivity index (χ0v) is 18.8. The number of fused-ring (bicyclic) bond motifs is 1. The highest BCUT2D eigenvalue weighted by Gasteiger charge is 2.39. The molecule has 184 valence electrons. The number of halogens is 5. The van der Waals surface area contributed by atoms with Crippen LogP contribution >= 0.6 is 0 Å². The van der Waals surface area contributed by atoms with Gasteiger partial charge in [0.05, 0.1) is 28.3 Å². The number of carbonyl (C=O) groups excluding carboxylic acids is 1. The van der Waals surface area contributed by atoms with Crippen molar-refractivity contribution in [3.05, 3.63) is 65.5 Å². The van der Waals surface area contributed by atoms with Crippen LogP contribution in [0.4, 0.5) is 33.6 Å². The summed E-state index contributed by atoms with van der Waals surface area (Å²) in [5.41, 5.74) is 1.11. The monoisotopic (exact) mass is 512 g/mol. The number of anilines is 2. The van der Waals surface area contributed by atoms with Gasteiger partial charge in [-0.2, -0.15) is 17.5 Å². The molecule has 1 aliphatic heterocycles. The Balaban J connectivity index is 1.60. The average molecular weight is 512 g/mol. The van der Waals surface area contributed by atoms with Crippen molar-refractivity contribution in [3.63, 3.8) is 0 Å². The number of alkyl halides is 3. The molecule has 4 rings (SSSR count). The topological polar surface area (TPSA) is 93.5 Å². The Labute approximate surface area is 196 Å². The van der Waals surface area contributed by atoms with Crippen molar-refractivity contribution in [2.45, 2.75) is 18.3 Å².